The number of benzene rings is 1. The first kappa shape index (κ1) is 10.9. The summed E-state index contributed by atoms with van der Waals surface area (Å²) >= 11 is 1.53. The van der Waals surface area contributed by atoms with Gasteiger partial charge in [-0.3, -0.25) is 0 Å². The molecule has 0 saturated carbocycles. The summed E-state index contributed by atoms with van der Waals surface area (Å²) in [6, 6.07) is 4.47. The van der Waals surface area contributed by atoms with Crippen LogP contribution in [0.5, 0.6) is 5.75 Å². The third-order valence-corrected chi connectivity index (χ3v) is 2.85. The lowest BCUT2D eigenvalue weighted by Gasteiger charge is -2.07. The van der Waals surface area contributed by atoms with E-state index < -0.39 is 5.82 Å². The normalized spacial score (nSPS) is 10.4. The second-order valence-corrected chi connectivity index (χ2v) is 4.37. The van der Waals surface area contributed by atoms with Crippen molar-refractivity contribution in [3.8, 4) is 5.75 Å². The molecule has 0 atom stereocenters. The van der Waals surface area contributed by atoms with Gasteiger partial charge in [0.05, 0.1) is 16.4 Å². The number of aryl methyl sites for hydroxylation is 1. The molecule has 1 aromatic heterocycles. The van der Waals surface area contributed by atoms with Crippen molar-refractivity contribution in [2.75, 3.05) is 5.73 Å². The molecule has 2 aromatic rings. The predicted octanol–water partition coefficient (Wildman–Crippen LogP) is 2.75. The summed E-state index contributed by atoms with van der Waals surface area (Å²) in [6.07, 6.45) is 0. The molecule has 2 rings (SSSR count). The van der Waals surface area contributed by atoms with Crippen molar-refractivity contribution < 1.29 is 9.13 Å². The van der Waals surface area contributed by atoms with Gasteiger partial charge in [0.25, 0.3) is 0 Å². The van der Waals surface area contributed by atoms with Crippen LogP contribution in [0.4, 0.5) is 10.1 Å². The first-order chi connectivity index (χ1) is 7.66. The minimum absolute atomic E-state index is 0.0909. The van der Waals surface area contributed by atoms with Gasteiger partial charge >= 0.3 is 0 Å². The van der Waals surface area contributed by atoms with Crippen LogP contribution in [0.2, 0.25) is 0 Å². The molecule has 0 radical (unpaired) electrons. The highest BCUT2D eigenvalue weighted by molar-refractivity contribution is 7.09. The van der Waals surface area contributed by atoms with E-state index in [4.69, 9.17) is 10.5 Å². The zero-order valence-corrected chi connectivity index (χ0v) is 9.55. The number of ether oxygens (including phenoxy) is 1. The summed E-state index contributed by atoms with van der Waals surface area (Å²) in [6.45, 7) is 2.14. The number of anilines is 1. The van der Waals surface area contributed by atoms with E-state index in [0.717, 1.165) is 10.7 Å². The van der Waals surface area contributed by atoms with Crippen LogP contribution >= 0.6 is 11.3 Å². The molecule has 0 aliphatic heterocycles. The van der Waals surface area contributed by atoms with Crippen molar-refractivity contribution in [3.63, 3.8) is 0 Å². The highest BCUT2D eigenvalue weighted by Crippen LogP contribution is 2.25. The third-order valence-electron chi connectivity index (χ3n) is 2.03. The molecule has 0 spiro atoms. The Morgan fingerprint density at radius 1 is 1.50 bits per heavy atom. The van der Waals surface area contributed by atoms with Crippen LogP contribution in [0.3, 0.4) is 0 Å². The molecule has 0 fully saturated rings. The zero-order chi connectivity index (χ0) is 11.5. The Balaban J connectivity index is 2.10. The smallest absolute Gasteiger partial charge is 0.178 e. The van der Waals surface area contributed by atoms with Crippen LogP contribution in [-0.4, -0.2) is 4.98 Å². The quantitative estimate of drug-likeness (QED) is 0.836. The van der Waals surface area contributed by atoms with E-state index in [2.05, 4.69) is 4.98 Å². The van der Waals surface area contributed by atoms with Gasteiger partial charge < -0.3 is 10.5 Å². The fourth-order valence-electron chi connectivity index (χ4n) is 1.30. The van der Waals surface area contributed by atoms with E-state index in [1.54, 1.807) is 12.1 Å². The molecule has 0 saturated heterocycles. The highest BCUT2D eigenvalue weighted by Gasteiger charge is 2.08. The van der Waals surface area contributed by atoms with Gasteiger partial charge in [-0.1, -0.05) is 6.07 Å². The van der Waals surface area contributed by atoms with Crippen molar-refractivity contribution in [1.82, 2.24) is 4.98 Å². The number of thiazole rings is 1. The Kier molecular flexibility index (Phi) is 3.05. The Bertz CT molecular complexity index is 478. The van der Waals surface area contributed by atoms with E-state index in [1.807, 2.05) is 12.3 Å². The minimum Gasteiger partial charge on any atom is -0.482 e. The maximum Gasteiger partial charge on any atom is 0.178 e. The molecule has 1 heterocycles. The van der Waals surface area contributed by atoms with Gasteiger partial charge in [0.15, 0.2) is 11.6 Å². The third kappa shape index (κ3) is 2.30. The number of halogens is 1. The van der Waals surface area contributed by atoms with Gasteiger partial charge in [0.2, 0.25) is 0 Å². The fourth-order valence-corrected chi connectivity index (χ4v) is 1.90. The van der Waals surface area contributed by atoms with Gasteiger partial charge in [-0.25, -0.2) is 9.37 Å². The SMILES string of the molecule is Cc1nc(COc2c(N)cccc2F)cs1. The molecule has 2 N–H and O–H groups in total. The number of nitrogen functional groups attached to an aromatic ring is 1. The molecule has 0 amide bonds. The number of nitrogens with two attached hydrogens (primary N) is 1. The maximum atomic E-state index is 13.3. The monoisotopic (exact) mass is 238 g/mol. The molecular formula is C11H11FN2OS. The Morgan fingerprint density at radius 3 is 2.94 bits per heavy atom. The van der Waals surface area contributed by atoms with Gasteiger partial charge in [-0.15, -0.1) is 11.3 Å². The summed E-state index contributed by atoms with van der Waals surface area (Å²) < 4.78 is 18.6. The topological polar surface area (TPSA) is 48.1 Å². The summed E-state index contributed by atoms with van der Waals surface area (Å²) in [7, 11) is 0. The molecule has 0 aliphatic carbocycles. The molecule has 0 unspecified atom stereocenters. The van der Waals surface area contributed by atoms with E-state index in [-0.39, 0.29) is 12.4 Å². The number of hydrogen-bond donors (Lipinski definition) is 1. The lowest BCUT2D eigenvalue weighted by atomic mass is 10.3. The lowest BCUT2D eigenvalue weighted by molar-refractivity contribution is 0.288. The average molecular weight is 238 g/mol. The highest BCUT2D eigenvalue weighted by atomic mass is 32.1. The van der Waals surface area contributed by atoms with Crippen LogP contribution in [0, 0.1) is 12.7 Å². The fraction of sp³-hybridized carbons (Fsp3) is 0.182. The molecule has 0 aliphatic rings. The van der Waals surface area contributed by atoms with Crippen LogP contribution in [0.15, 0.2) is 23.6 Å². The largest absolute Gasteiger partial charge is 0.482 e. The standard InChI is InChI=1S/C11H11FN2OS/c1-7-14-8(6-16-7)5-15-11-9(12)3-2-4-10(11)13/h2-4,6H,5,13H2,1H3. The number of nitrogens with zero attached hydrogens (tertiary/aromatic N) is 1. The molecule has 16 heavy (non-hydrogen) atoms. The van der Waals surface area contributed by atoms with Crippen molar-refractivity contribution in [2.24, 2.45) is 0 Å². The van der Waals surface area contributed by atoms with E-state index in [1.165, 1.54) is 17.4 Å². The first-order valence-electron chi connectivity index (χ1n) is 4.74. The Labute approximate surface area is 96.7 Å². The number of hydrogen-bond acceptors (Lipinski definition) is 4. The summed E-state index contributed by atoms with van der Waals surface area (Å²) in [5.74, 6) is -0.361. The van der Waals surface area contributed by atoms with Gasteiger partial charge in [-0.05, 0) is 19.1 Å². The predicted molar refractivity (Wildman–Crippen MR) is 62.0 cm³/mol. The van der Waals surface area contributed by atoms with Crippen molar-refractivity contribution in [3.05, 3.63) is 40.1 Å². The summed E-state index contributed by atoms with van der Waals surface area (Å²) in [4.78, 5) is 4.22. The van der Waals surface area contributed by atoms with Gasteiger partial charge in [0.1, 0.15) is 6.61 Å². The van der Waals surface area contributed by atoms with Crippen LogP contribution in [0.1, 0.15) is 10.7 Å². The maximum absolute atomic E-state index is 13.3. The molecule has 84 valence electrons. The Morgan fingerprint density at radius 2 is 2.31 bits per heavy atom. The van der Waals surface area contributed by atoms with Gasteiger partial charge in [0, 0.05) is 5.38 Å². The summed E-state index contributed by atoms with van der Waals surface area (Å²) in [5.41, 5.74) is 6.69. The second-order valence-electron chi connectivity index (χ2n) is 3.30. The molecule has 5 heteroatoms. The number of para-hydroxylation sites is 1. The zero-order valence-electron chi connectivity index (χ0n) is 8.74. The van der Waals surface area contributed by atoms with E-state index in [9.17, 15) is 4.39 Å². The van der Waals surface area contributed by atoms with Crippen LogP contribution < -0.4 is 10.5 Å². The Hall–Kier alpha value is -1.62. The van der Waals surface area contributed by atoms with Gasteiger partial charge in [-0.2, -0.15) is 0 Å². The lowest BCUT2D eigenvalue weighted by Crippen LogP contribution is -2.01. The number of aromatic nitrogens is 1. The molecular weight excluding hydrogens is 227 g/mol. The summed E-state index contributed by atoms with van der Waals surface area (Å²) in [5, 5.41) is 2.84. The van der Waals surface area contributed by atoms with E-state index in [0.29, 0.717) is 5.69 Å². The molecule has 3 nitrogen and oxygen atoms in total. The second kappa shape index (κ2) is 4.49. The van der Waals surface area contributed by atoms with E-state index >= 15 is 0 Å². The molecule has 1 aromatic carbocycles. The average Bonchev–Trinajstić information content (AvgIpc) is 2.63. The minimum atomic E-state index is -0.452. The van der Waals surface area contributed by atoms with Crippen molar-refractivity contribution in [1.29, 1.82) is 0 Å². The van der Waals surface area contributed by atoms with Crippen LogP contribution in [-0.2, 0) is 6.61 Å². The first-order valence-corrected chi connectivity index (χ1v) is 5.62. The van der Waals surface area contributed by atoms with Crippen LogP contribution in [0.25, 0.3) is 0 Å². The van der Waals surface area contributed by atoms with Crippen molar-refractivity contribution >= 4 is 17.0 Å². The number of rotatable bonds is 3. The molecule has 0 bridgehead atoms. The van der Waals surface area contributed by atoms with Crippen molar-refractivity contribution in [2.45, 2.75) is 13.5 Å².